The van der Waals surface area contributed by atoms with Gasteiger partial charge >= 0.3 is 11.9 Å². The van der Waals surface area contributed by atoms with Crippen LogP contribution in [0.3, 0.4) is 0 Å². The third-order valence-electron chi connectivity index (χ3n) is 8.22. The average Bonchev–Trinajstić information content (AvgIpc) is 3.45. The van der Waals surface area contributed by atoms with Crippen molar-refractivity contribution >= 4 is 41.6 Å². The van der Waals surface area contributed by atoms with Gasteiger partial charge in [0.05, 0.1) is 23.9 Å². The molecule has 2 amide bonds. The fourth-order valence-corrected chi connectivity index (χ4v) is 6.26. The van der Waals surface area contributed by atoms with E-state index in [0.29, 0.717) is 24.1 Å². The van der Waals surface area contributed by atoms with E-state index in [9.17, 15) is 29.4 Å². The Morgan fingerprint density at radius 3 is 1.95 bits per heavy atom. The number of amides is 2. The zero-order chi connectivity index (χ0) is 29.3. The highest BCUT2D eigenvalue weighted by Crippen LogP contribution is 2.51. The predicted molar refractivity (Wildman–Crippen MR) is 155 cm³/mol. The van der Waals surface area contributed by atoms with E-state index in [-0.39, 0.29) is 0 Å². The van der Waals surface area contributed by atoms with Gasteiger partial charge in [-0.05, 0) is 40.7 Å². The predicted octanol–water partition coefficient (Wildman–Crippen LogP) is 4.73. The minimum Gasteiger partial charge on any atom is -0.481 e. The first-order valence-electron chi connectivity index (χ1n) is 13.8. The number of carbonyl (C=O) groups is 4. The first-order valence-corrected chi connectivity index (χ1v) is 13.8. The van der Waals surface area contributed by atoms with Gasteiger partial charge in [0, 0.05) is 6.04 Å². The van der Waals surface area contributed by atoms with Crippen molar-refractivity contribution in [2.45, 2.75) is 44.7 Å². The summed E-state index contributed by atoms with van der Waals surface area (Å²) in [5.74, 6) is -6.52. The van der Waals surface area contributed by atoms with E-state index in [0.717, 1.165) is 27.2 Å². The topological polar surface area (TPSA) is 124 Å². The Hall–Kier alpha value is -4.56. The molecule has 8 nitrogen and oxygen atoms in total. The van der Waals surface area contributed by atoms with Gasteiger partial charge in [0.2, 0.25) is 11.8 Å². The number of aliphatic carboxylic acids is 2. The molecule has 2 aliphatic heterocycles. The number of nitrogens with one attached hydrogen (secondary N) is 1. The van der Waals surface area contributed by atoms with Gasteiger partial charge in [-0.2, -0.15) is 0 Å². The van der Waals surface area contributed by atoms with Crippen LogP contribution in [0.5, 0.6) is 0 Å². The molecule has 41 heavy (non-hydrogen) atoms. The molecule has 2 fully saturated rings. The van der Waals surface area contributed by atoms with E-state index in [1.807, 2.05) is 86.7 Å². The SMILES string of the molecule is CCc1cccc(CC)c1N1C(=O)C2C(c3ccc(/C=C/c4ccccc4)cc3)NC(CC(=O)O)(C(=O)O)C2C1=O. The Labute approximate surface area is 238 Å². The number of para-hydroxylation sites is 1. The lowest BCUT2D eigenvalue weighted by Gasteiger charge is -2.30. The monoisotopic (exact) mass is 552 g/mol. The first-order chi connectivity index (χ1) is 19.7. The summed E-state index contributed by atoms with van der Waals surface area (Å²) in [4.78, 5) is 54.1. The molecule has 210 valence electrons. The van der Waals surface area contributed by atoms with Crippen molar-refractivity contribution in [3.8, 4) is 0 Å². The molecule has 0 saturated carbocycles. The van der Waals surface area contributed by atoms with Crippen LogP contribution in [0, 0.1) is 11.8 Å². The number of aryl methyl sites for hydroxylation is 2. The van der Waals surface area contributed by atoms with Gasteiger partial charge in [-0.3, -0.25) is 24.5 Å². The molecule has 0 aliphatic carbocycles. The summed E-state index contributed by atoms with van der Waals surface area (Å²) >= 11 is 0. The number of carbonyl (C=O) groups excluding carboxylic acids is 2. The maximum absolute atomic E-state index is 14.2. The van der Waals surface area contributed by atoms with Gasteiger partial charge in [0.25, 0.3) is 0 Å². The van der Waals surface area contributed by atoms with Crippen LogP contribution in [-0.2, 0) is 32.0 Å². The smallest absolute Gasteiger partial charge is 0.325 e. The van der Waals surface area contributed by atoms with E-state index >= 15 is 0 Å². The standard InChI is InChI=1S/C33H32N2O6/c1-3-22-11-8-12-23(4-2)29(22)35-30(38)26-27(31(35)39)33(32(40)41,19-25(36)37)34-28(26)24-17-15-21(16-18-24)14-13-20-9-6-5-7-10-20/h5-18,26-28,34H,3-4,19H2,1-2H3,(H,36,37)(H,40,41)/b14-13+. The molecule has 3 aromatic rings. The number of rotatable bonds is 9. The minimum absolute atomic E-state index is 0.483. The minimum atomic E-state index is -2.15. The summed E-state index contributed by atoms with van der Waals surface area (Å²) in [6, 6.07) is 21.8. The van der Waals surface area contributed by atoms with Crippen molar-refractivity contribution in [3.05, 3.63) is 101 Å². The number of fused-ring (bicyclic) bond motifs is 1. The van der Waals surface area contributed by atoms with E-state index in [2.05, 4.69) is 5.32 Å². The van der Waals surface area contributed by atoms with Crippen LogP contribution in [0.4, 0.5) is 5.69 Å². The molecule has 0 aromatic heterocycles. The molecule has 4 unspecified atom stereocenters. The highest BCUT2D eigenvalue weighted by Gasteiger charge is 2.69. The van der Waals surface area contributed by atoms with Crippen LogP contribution >= 0.6 is 0 Å². The molecule has 5 rings (SSSR count). The normalized spacial score (nSPS) is 23.8. The Kier molecular flexibility index (Phi) is 7.60. The van der Waals surface area contributed by atoms with Crippen LogP contribution < -0.4 is 10.2 Å². The summed E-state index contributed by atoms with van der Waals surface area (Å²) < 4.78 is 0. The van der Waals surface area contributed by atoms with Crippen LogP contribution in [-0.4, -0.2) is 39.5 Å². The van der Waals surface area contributed by atoms with Gasteiger partial charge in [-0.15, -0.1) is 0 Å². The second-order valence-corrected chi connectivity index (χ2v) is 10.5. The van der Waals surface area contributed by atoms with Gasteiger partial charge in [-0.1, -0.05) is 98.8 Å². The summed E-state index contributed by atoms with van der Waals surface area (Å²) in [7, 11) is 0. The summed E-state index contributed by atoms with van der Waals surface area (Å²) in [5.41, 5.74) is 2.45. The molecule has 2 heterocycles. The van der Waals surface area contributed by atoms with Crippen LogP contribution in [0.15, 0.2) is 72.8 Å². The second kappa shape index (κ2) is 11.1. The largest absolute Gasteiger partial charge is 0.481 e. The number of carboxylic acid groups (broad SMARTS) is 2. The fraction of sp³-hybridized carbons (Fsp3) is 0.273. The molecular weight excluding hydrogens is 520 g/mol. The second-order valence-electron chi connectivity index (χ2n) is 10.5. The Balaban J connectivity index is 1.58. The Morgan fingerprint density at radius 2 is 1.41 bits per heavy atom. The van der Waals surface area contributed by atoms with Crippen LogP contribution in [0.2, 0.25) is 0 Å². The van der Waals surface area contributed by atoms with Gasteiger partial charge in [0.15, 0.2) is 0 Å². The number of carboxylic acids is 2. The highest BCUT2D eigenvalue weighted by molar-refractivity contribution is 6.25. The van der Waals surface area contributed by atoms with Crippen molar-refractivity contribution in [3.63, 3.8) is 0 Å². The molecule has 0 spiro atoms. The number of nitrogens with zero attached hydrogens (tertiary/aromatic N) is 1. The highest BCUT2D eigenvalue weighted by atomic mass is 16.4. The third kappa shape index (κ3) is 4.85. The van der Waals surface area contributed by atoms with Gasteiger partial charge in [-0.25, -0.2) is 4.90 Å². The molecule has 4 atom stereocenters. The van der Waals surface area contributed by atoms with Crippen LogP contribution in [0.25, 0.3) is 12.2 Å². The van der Waals surface area contributed by atoms with Crippen molar-refractivity contribution in [2.24, 2.45) is 11.8 Å². The van der Waals surface area contributed by atoms with Gasteiger partial charge < -0.3 is 10.2 Å². The lowest BCUT2D eigenvalue weighted by Crippen LogP contribution is -2.57. The zero-order valence-corrected chi connectivity index (χ0v) is 22.9. The van der Waals surface area contributed by atoms with Crippen molar-refractivity contribution in [1.29, 1.82) is 0 Å². The molecule has 8 heteroatoms. The van der Waals surface area contributed by atoms with Crippen molar-refractivity contribution in [1.82, 2.24) is 5.32 Å². The summed E-state index contributed by atoms with van der Waals surface area (Å²) in [6.07, 6.45) is 4.19. The quantitative estimate of drug-likeness (QED) is 0.259. The van der Waals surface area contributed by atoms with Crippen LogP contribution in [0.1, 0.15) is 54.1 Å². The van der Waals surface area contributed by atoms with Gasteiger partial charge in [0.1, 0.15) is 5.54 Å². The Bertz CT molecular complexity index is 1510. The molecular formula is C33H32N2O6. The average molecular weight is 553 g/mol. The number of hydrogen-bond donors (Lipinski definition) is 3. The molecule has 2 aliphatic rings. The fourth-order valence-electron chi connectivity index (χ4n) is 6.26. The summed E-state index contributed by atoms with van der Waals surface area (Å²) in [6.45, 7) is 3.85. The zero-order valence-electron chi connectivity index (χ0n) is 22.9. The molecule has 0 radical (unpaired) electrons. The maximum atomic E-state index is 14.2. The molecule has 2 saturated heterocycles. The summed E-state index contributed by atoms with van der Waals surface area (Å²) in [5, 5.41) is 23.1. The maximum Gasteiger partial charge on any atom is 0.325 e. The van der Waals surface area contributed by atoms with E-state index in [1.165, 1.54) is 0 Å². The van der Waals surface area contributed by atoms with E-state index < -0.39 is 53.6 Å². The van der Waals surface area contributed by atoms with E-state index in [1.54, 1.807) is 12.1 Å². The number of hydrogen-bond acceptors (Lipinski definition) is 5. The van der Waals surface area contributed by atoms with E-state index in [4.69, 9.17) is 0 Å². The molecule has 0 bridgehead atoms. The molecule has 3 N–H and O–H groups in total. The lowest BCUT2D eigenvalue weighted by molar-refractivity contribution is -0.154. The number of imide groups is 1. The van der Waals surface area contributed by atoms with Crippen molar-refractivity contribution < 1.29 is 29.4 Å². The third-order valence-corrected chi connectivity index (χ3v) is 8.22. The van der Waals surface area contributed by atoms with Crippen molar-refractivity contribution in [2.75, 3.05) is 4.90 Å². The molecule has 3 aromatic carbocycles. The Morgan fingerprint density at radius 1 is 0.829 bits per heavy atom. The lowest BCUT2D eigenvalue weighted by atomic mass is 9.77. The first kappa shape index (κ1) is 28.0. The number of benzene rings is 3. The number of anilines is 1.